The van der Waals surface area contributed by atoms with Crippen LogP contribution in [0.5, 0.6) is 0 Å². The third kappa shape index (κ3) is 7.77. The van der Waals surface area contributed by atoms with E-state index in [1.165, 1.54) is 25.7 Å². The SMILES string of the molecule is CCCCC(CC)COCC(OC)OC. The molecule has 0 saturated heterocycles. The van der Waals surface area contributed by atoms with Gasteiger partial charge in [0.15, 0.2) is 6.29 Å². The van der Waals surface area contributed by atoms with Gasteiger partial charge in [0.2, 0.25) is 0 Å². The number of unbranched alkanes of at least 4 members (excludes halogenated alkanes) is 1. The molecule has 0 heterocycles. The maximum atomic E-state index is 5.58. The Hall–Kier alpha value is -0.120. The van der Waals surface area contributed by atoms with Gasteiger partial charge in [-0.1, -0.05) is 33.1 Å². The zero-order valence-electron chi connectivity index (χ0n) is 10.6. The largest absolute Gasteiger partial charge is 0.376 e. The molecule has 0 aliphatic carbocycles. The third-order valence-corrected chi connectivity index (χ3v) is 2.68. The number of rotatable bonds is 10. The molecule has 1 atom stereocenters. The van der Waals surface area contributed by atoms with Crippen LogP contribution in [0.1, 0.15) is 39.5 Å². The van der Waals surface area contributed by atoms with E-state index in [0.29, 0.717) is 12.5 Å². The Balaban J connectivity index is 3.52. The van der Waals surface area contributed by atoms with Crippen molar-refractivity contribution in [2.45, 2.75) is 45.8 Å². The van der Waals surface area contributed by atoms with Gasteiger partial charge in [-0.25, -0.2) is 0 Å². The lowest BCUT2D eigenvalue weighted by atomic mass is 10.0. The summed E-state index contributed by atoms with van der Waals surface area (Å²) >= 11 is 0. The molecular formula is C12H26O3. The van der Waals surface area contributed by atoms with Crippen LogP contribution < -0.4 is 0 Å². The first-order chi connectivity index (χ1) is 7.28. The third-order valence-electron chi connectivity index (χ3n) is 2.68. The second kappa shape index (κ2) is 10.4. The van der Waals surface area contributed by atoms with Gasteiger partial charge in [0.05, 0.1) is 6.61 Å². The molecule has 0 N–H and O–H groups in total. The number of ether oxygens (including phenoxy) is 3. The minimum Gasteiger partial charge on any atom is -0.376 e. The lowest BCUT2D eigenvalue weighted by Gasteiger charge is -2.17. The van der Waals surface area contributed by atoms with Crippen molar-refractivity contribution in [3.05, 3.63) is 0 Å². The lowest BCUT2D eigenvalue weighted by molar-refractivity contribution is -0.143. The minimum atomic E-state index is -0.228. The van der Waals surface area contributed by atoms with E-state index in [-0.39, 0.29) is 6.29 Å². The fraction of sp³-hybridized carbons (Fsp3) is 1.00. The van der Waals surface area contributed by atoms with E-state index in [9.17, 15) is 0 Å². The fourth-order valence-corrected chi connectivity index (χ4v) is 1.46. The molecule has 0 fully saturated rings. The second-order valence-corrected chi connectivity index (χ2v) is 3.85. The van der Waals surface area contributed by atoms with E-state index in [1.807, 2.05) is 0 Å². The highest BCUT2D eigenvalue weighted by Crippen LogP contribution is 2.12. The molecule has 1 unspecified atom stereocenters. The van der Waals surface area contributed by atoms with Crippen molar-refractivity contribution in [2.24, 2.45) is 5.92 Å². The van der Waals surface area contributed by atoms with Crippen LogP contribution in [0.2, 0.25) is 0 Å². The average molecular weight is 218 g/mol. The topological polar surface area (TPSA) is 27.7 Å². The van der Waals surface area contributed by atoms with E-state index in [0.717, 1.165) is 6.61 Å². The predicted molar refractivity (Wildman–Crippen MR) is 61.9 cm³/mol. The zero-order chi connectivity index (χ0) is 11.5. The molecule has 0 bridgehead atoms. The van der Waals surface area contributed by atoms with Gasteiger partial charge in [-0.2, -0.15) is 0 Å². The van der Waals surface area contributed by atoms with Crippen molar-refractivity contribution in [3.63, 3.8) is 0 Å². The minimum absolute atomic E-state index is 0.228. The molecule has 0 amide bonds. The van der Waals surface area contributed by atoms with E-state index in [4.69, 9.17) is 14.2 Å². The molecule has 0 radical (unpaired) electrons. The van der Waals surface area contributed by atoms with Crippen molar-refractivity contribution >= 4 is 0 Å². The number of hydrogen-bond acceptors (Lipinski definition) is 3. The molecule has 3 nitrogen and oxygen atoms in total. The molecule has 0 saturated carbocycles. The summed E-state index contributed by atoms with van der Waals surface area (Å²) in [5.41, 5.74) is 0. The molecule has 0 aliphatic heterocycles. The van der Waals surface area contributed by atoms with E-state index in [2.05, 4.69) is 13.8 Å². The molecule has 0 spiro atoms. The number of methoxy groups -OCH3 is 2. The Bertz CT molecular complexity index is 124. The van der Waals surface area contributed by atoms with Gasteiger partial charge in [0, 0.05) is 20.8 Å². The van der Waals surface area contributed by atoms with Crippen LogP contribution in [-0.2, 0) is 14.2 Å². The summed E-state index contributed by atoms with van der Waals surface area (Å²) in [5.74, 6) is 0.680. The first-order valence-corrected chi connectivity index (χ1v) is 5.91. The molecular weight excluding hydrogens is 192 g/mol. The standard InChI is InChI=1S/C12H26O3/c1-5-7-8-11(6-2)9-15-10-12(13-3)14-4/h11-12H,5-10H2,1-4H3. The Morgan fingerprint density at radius 3 is 2.13 bits per heavy atom. The van der Waals surface area contributed by atoms with Crippen LogP contribution >= 0.6 is 0 Å². The van der Waals surface area contributed by atoms with Gasteiger partial charge >= 0.3 is 0 Å². The predicted octanol–water partition coefficient (Wildman–Crippen LogP) is 2.84. The van der Waals surface area contributed by atoms with E-state index in [1.54, 1.807) is 14.2 Å². The van der Waals surface area contributed by atoms with Gasteiger partial charge < -0.3 is 14.2 Å². The van der Waals surface area contributed by atoms with Crippen LogP contribution in [0.3, 0.4) is 0 Å². The quantitative estimate of drug-likeness (QED) is 0.528. The summed E-state index contributed by atoms with van der Waals surface area (Å²) in [6, 6.07) is 0. The van der Waals surface area contributed by atoms with Crippen molar-refractivity contribution in [1.82, 2.24) is 0 Å². The highest BCUT2D eigenvalue weighted by molar-refractivity contribution is 4.56. The van der Waals surface area contributed by atoms with Gasteiger partial charge in [-0.3, -0.25) is 0 Å². The zero-order valence-corrected chi connectivity index (χ0v) is 10.6. The lowest BCUT2D eigenvalue weighted by Crippen LogP contribution is -2.22. The summed E-state index contributed by atoms with van der Waals surface area (Å²) in [6.07, 6.45) is 4.77. The Morgan fingerprint density at radius 1 is 1.00 bits per heavy atom. The van der Waals surface area contributed by atoms with Crippen LogP contribution in [0.4, 0.5) is 0 Å². The summed E-state index contributed by atoms with van der Waals surface area (Å²) in [7, 11) is 3.26. The first kappa shape index (κ1) is 14.9. The Labute approximate surface area is 94.1 Å². The smallest absolute Gasteiger partial charge is 0.180 e. The Morgan fingerprint density at radius 2 is 1.67 bits per heavy atom. The molecule has 0 rings (SSSR count). The van der Waals surface area contributed by atoms with Crippen LogP contribution in [0, 0.1) is 5.92 Å². The summed E-state index contributed by atoms with van der Waals surface area (Å²) < 4.78 is 15.7. The molecule has 3 heteroatoms. The molecule has 0 aromatic heterocycles. The van der Waals surface area contributed by atoms with Gasteiger partial charge in [0.1, 0.15) is 0 Å². The van der Waals surface area contributed by atoms with E-state index < -0.39 is 0 Å². The van der Waals surface area contributed by atoms with Crippen molar-refractivity contribution in [1.29, 1.82) is 0 Å². The molecule has 0 aromatic rings. The molecule has 0 aromatic carbocycles. The summed E-state index contributed by atoms with van der Waals surface area (Å²) in [5, 5.41) is 0. The normalized spacial score (nSPS) is 13.4. The summed E-state index contributed by atoms with van der Waals surface area (Å²) in [4.78, 5) is 0. The average Bonchev–Trinajstić information content (AvgIpc) is 2.28. The van der Waals surface area contributed by atoms with E-state index >= 15 is 0 Å². The van der Waals surface area contributed by atoms with Crippen LogP contribution in [0.15, 0.2) is 0 Å². The first-order valence-electron chi connectivity index (χ1n) is 5.91. The van der Waals surface area contributed by atoms with Crippen LogP contribution in [0.25, 0.3) is 0 Å². The monoisotopic (exact) mass is 218 g/mol. The molecule has 15 heavy (non-hydrogen) atoms. The van der Waals surface area contributed by atoms with Crippen molar-refractivity contribution < 1.29 is 14.2 Å². The van der Waals surface area contributed by atoms with Crippen LogP contribution in [-0.4, -0.2) is 33.7 Å². The van der Waals surface area contributed by atoms with Gasteiger partial charge in [0.25, 0.3) is 0 Å². The van der Waals surface area contributed by atoms with Gasteiger partial charge in [-0.05, 0) is 12.3 Å². The van der Waals surface area contributed by atoms with Crippen molar-refractivity contribution in [2.75, 3.05) is 27.4 Å². The molecule has 0 aliphatic rings. The van der Waals surface area contributed by atoms with Gasteiger partial charge in [-0.15, -0.1) is 0 Å². The highest BCUT2D eigenvalue weighted by Gasteiger charge is 2.09. The summed E-state index contributed by atoms with van der Waals surface area (Å²) in [6.45, 7) is 5.78. The molecule has 92 valence electrons. The highest BCUT2D eigenvalue weighted by atomic mass is 16.7. The second-order valence-electron chi connectivity index (χ2n) is 3.85. The Kier molecular flexibility index (Phi) is 10.3. The maximum absolute atomic E-state index is 5.58. The number of hydrogen-bond donors (Lipinski definition) is 0. The fourth-order valence-electron chi connectivity index (χ4n) is 1.46. The van der Waals surface area contributed by atoms with Crippen molar-refractivity contribution in [3.8, 4) is 0 Å². The maximum Gasteiger partial charge on any atom is 0.180 e.